The Balaban J connectivity index is 1.68. The third-order valence-corrected chi connectivity index (χ3v) is 4.90. The van der Waals surface area contributed by atoms with E-state index in [1.807, 2.05) is 91.9 Å². The van der Waals surface area contributed by atoms with Crippen LogP contribution in [0.5, 0.6) is 5.75 Å². The van der Waals surface area contributed by atoms with Crippen LogP contribution in [0.15, 0.2) is 84.9 Å². The lowest BCUT2D eigenvalue weighted by Crippen LogP contribution is -2.45. The Morgan fingerprint density at radius 3 is 1.89 bits per heavy atom. The number of imide groups is 1. The predicted octanol–water partition coefficient (Wildman–Crippen LogP) is 3.83. The summed E-state index contributed by atoms with van der Waals surface area (Å²) < 4.78 is 5.70. The van der Waals surface area contributed by atoms with Gasteiger partial charge in [-0.05, 0) is 30.2 Å². The molecule has 0 unspecified atom stereocenters. The summed E-state index contributed by atoms with van der Waals surface area (Å²) in [6.07, 6.45) is 0. The first-order chi connectivity index (χ1) is 13.6. The smallest absolute Gasteiger partial charge is 0.328 e. The molecule has 5 nitrogen and oxygen atoms in total. The number of carbonyl (C=O) groups is 2. The zero-order valence-electron chi connectivity index (χ0n) is 15.5. The molecular formula is C23H20N2O3. The van der Waals surface area contributed by atoms with Gasteiger partial charge in [0.1, 0.15) is 5.75 Å². The minimum Gasteiger partial charge on any atom is -0.472 e. The van der Waals surface area contributed by atoms with Gasteiger partial charge in [0.25, 0.3) is 5.91 Å². The summed E-state index contributed by atoms with van der Waals surface area (Å²) >= 11 is 0. The van der Waals surface area contributed by atoms with Crippen molar-refractivity contribution < 1.29 is 14.3 Å². The molecule has 4 rings (SSSR count). The molecule has 1 aliphatic heterocycles. The Kier molecular flexibility index (Phi) is 4.57. The van der Waals surface area contributed by atoms with E-state index < -0.39 is 11.6 Å². The number of amides is 3. The first-order valence-electron chi connectivity index (χ1n) is 9.06. The molecule has 140 valence electrons. The number of urea groups is 1. The molecule has 0 radical (unpaired) electrons. The molecule has 0 spiro atoms. The highest BCUT2D eigenvalue weighted by Crippen LogP contribution is 2.35. The van der Waals surface area contributed by atoms with Crippen LogP contribution in [0.3, 0.4) is 0 Å². The summed E-state index contributed by atoms with van der Waals surface area (Å²) in [6, 6.07) is 25.5. The van der Waals surface area contributed by atoms with Crippen LogP contribution in [0.1, 0.15) is 16.7 Å². The van der Waals surface area contributed by atoms with Gasteiger partial charge < -0.3 is 10.1 Å². The first-order valence-corrected chi connectivity index (χ1v) is 9.06. The first kappa shape index (κ1) is 17.8. The average Bonchev–Trinajstić information content (AvgIpc) is 3.00. The van der Waals surface area contributed by atoms with Gasteiger partial charge in [-0.3, -0.25) is 4.79 Å². The monoisotopic (exact) mass is 372 g/mol. The number of nitrogens with zero attached hydrogens (tertiary/aromatic N) is 1. The van der Waals surface area contributed by atoms with E-state index in [-0.39, 0.29) is 12.6 Å². The van der Waals surface area contributed by atoms with E-state index in [4.69, 9.17) is 4.74 Å². The molecule has 28 heavy (non-hydrogen) atoms. The lowest BCUT2D eigenvalue weighted by atomic mass is 9.83. The fourth-order valence-corrected chi connectivity index (χ4v) is 3.40. The Bertz CT molecular complexity index is 946. The van der Waals surface area contributed by atoms with E-state index in [0.29, 0.717) is 16.9 Å². The quantitative estimate of drug-likeness (QED) is 0.693. The fraction of sp³-hybridized carbons (Fsp3) is 0.130. The largest absolute Gasteiger partial charge is 0.472 e. The van der Waals surface area contributed by atoms with Gasteiger partial charge >= 0.3 is 6.03 Å². The normalized spacial score (nSPS) is 15.4. The van der Waals surface area contributed by atoms with Crippen molar-refractivity contribution in [3.05, 3.63) is 102 Å². The number of aryl methyl sites for hydroxylation is 1. The zero-order chi connectivity index (χ0) is 19.6. The van der Waals surface area contributed by atoms with Crippen molar-refractivity contribution in [2.75, 3.05) is 6.73 Å². The van der Waals surface area contributed by atoms with Crippen molar-refractivity contribution in [3.8, 4) is 5.75 Å². The Morgan fingerprint density at radius 2 is 1.36 bits per heavy atom. The van der Waals surface area contributed by atoms with Crippen molar-refractivity contribution in [1.29, 1.82) is 0 Å². The summed E-state index contributed by atoms with van der Waals surface area (Å²) in [5.41, 5.74) is 1.25. The fourth-order valence-electron chi connectivity index (χ4n) is 3.40. The van der Waals surface area contributed by atoms with Crippen LogP contribution in [-0.2, 0) is 10.3 Å². The van der Waals surface area contributed by atoms with Crippen LogP contribution in [0.2, 0.25) is 0 Å². The Hall–Kier alpha value is -3.60. The predicted molar refractivity (Wildman–Crippen MR) is 106 cm³/mol. The molecule has 0 saturated carbocycles. The Labute approximate surface area is 163 Å². The second kappa shape index (κ2) is 7.19. The van der Waals surface area contributed by atoms with Gasteiger partial charge in [-0.1, -0.05) is 78.4 Å². The summed E-state index contributed by atoms with van der Waals surface area (Å²) in [6.45, 7) is 1.82. The number of ether oxygens (including phenoxy) is 1. The number of nitrogens with one attached hydrogen (secondary N) is 1. The molecular weight excluding hydrogens is 352 g/mol. The van der Waals surface area contributed by atoms with Crippen LogP contribution in [0.4, 0.5) is 4.79 Å². The van der Waals surface area contributed by atoms with Gasteiger partial charge in [0.2, 0.25) is 0 Å². The molecule has 0 aliphatic carbocycles. The molecule has 1 N–H and O–H groups in total. The highest BCUT2D eigenvalue weighted by atomic mass is 16.5. The van der Waals surface area contributed by atoms with E-state index in [1.54, 1.807) is 0 Å². The van der Waals surface area contributed by atoms with Gasteiger partial charge in [0, 0.05) is 0 Å². The second-order valence-corrected chi connectivity index (χ2v) is 6.73. The minimum absolute atomic E-state index is 0.158. The second-order valence-electron chi connectivity index (χ2n) is 6.73. The number of hydrogen-bond acceptors (Lipinski definition) is 3. The molecule has 1 saturated heterocycles. The maximum atomic E-state index is 13.5. The van der Waals surface area contributed by atoms with Crippen molar-refractivity contribution in [2.24, 2.45) is 0 Å². The molecule has 1 fully saturated rings. The van der Waals surface area contributed by atoms with E-state index in [1.165, 1.54) is 0 Å². The van der Waals surface area contributed by atoms with E-state index in [2.05, 4.69) is 5.32 Å². The molecule has 1 aliphatic rings. The SMILES string of the molecule is Cc1ccc(OCN2C(=O)NC(c3ccccc3)(c3ccccc3)C2=O)cc1. The van der Waals surface area contributed by atoms with E-state index in [0.717, 1.165) is 10.5 Å². The van der Waals surface area contributed by atoms with E-state index >= 15 is 0 Å². The highest BCUT2D eigenvalue weighted by molar-refractivity contribution is 6.09. The third-order valence-electron chi connectivity index (χ3n) is 4.90. The molecule has 0 aromatic heterocycles. The third kappa shape index (κ3) is 3.01. The van der Waals surface area contributed by atoms with Gasteiger partial charge in [-0.2, -0.15) is 0 Å². The van der Waals surface area contributed by atoms with Crippen molar-refractivity contribution in [2.45, 2.75) is 12.5 Å². The molecule has 0 atom stereocenters. The van der Waals surface area contributed by atoms with Gasteiger partial charge in [-0.15, -0.1) is 0 Å². The van der Waals surface area contributed by atoms with Crippen molar-refractivity contribution in [3.63, 3.8) is 0 Å². The number of benzene rings is 3. The van der Waals surface area contributed by atoms with Crippen LogP contribution >= 0.6 is 0 Å². The van der Waals surface area contributed by atoms with Gasteiger partial charge in [-0.25, -0.2) is 9.69 Å². The van der Waals surface area contributed by atoms with Crippen LogP contribution in [-0.4, -0.2) is 23.6 Å². The van der Waals surface area contributed by atoms with E-state index in [9.17, 15) is 9.59 Å². The number of carbonyl (C=O) groups excluding carboxylic acids is 2. The van der Waals surface area contributed by atoms with Gasteiger partial charge in [0.15, 0.2) is 12.3 Å². The average molecular weight is 372 g/mol. The lowest BCUT2D eigenvalue weighted by molar-refractivity contribution is -0.132. The summed E-state index contributed by atoms with van der Waals surface area (Å²) in [4.78, 5) is 27.3. The zero-order valence-corrected chi connectivity index (χ0v) is 15.5. The molecule has 0 bridgehead atoms. The summed E-state index contributed by atoms with van der Waals surface area (Å²) in [5, 5.41) is 2.90. The van der Waals surface area contributed by atoms with Crippen LogP contribution < -0.4 is 10.1 Å². The highest BCUT2D eigenvalue weighted by Gasteiger charge is 2.53. The number of rotatable bonds is 5. The topological polar surface area (TPSA) is 58.6 Å². The van der Waals surface area contributed by atoms with Crippen molar-refractivity contribution in [1.82, 2.24) is 10.2 Å². The standard InChI is InChI=1S/C23H20N2O3/c1-17-12-14-20(15-13-17)28-16-25-21(26)23(24-22(25)27,18-8-4-2-5-9-18)19-10-6-3-7-11-19/h2-15H,16H2,1H3,(H,24,27). The maximum Gasteiger partial charge on any atom is 0.328 e. The van der Waals surface area contributed by atoms with Crippen molar-refractivity contribution >= 4 is 11.9 Å². The van der Waals surface area contributed by atoms with Crippen LogP contribution in [0.25, 0.3) is 0 Å². The molecule has 3 amide bonds. The summed E-state index contributed by atoms with van der Waals surface area (Å²) in [5.74, 6) is 0.241. The molecule has 5 heteroatoms. The molecule has 1 heterocycles. The Morgan fingerprint density at radius 1 is 0.821 bits per heavy atom. The molecule has 3 aromatic carbocycles. The lowest BCUT2D eigenvalue weighted by Gasteiger charge is -2.28. The summed E-state index contributed by atoms with van der Waals surface area (Å²) in [7, 11) is 0. The molecule has 3 aromatic rings. The van der Waals surface area contributed by atoms with Crippen LogP contribution in [0, 0.1) is 6.92 Å². The number of hydrogen-bond donors (Lipinski definition) is 1. The maximum absolute atomic E-state index is 13.5. The minimum atomic E-state index is -1.27. The van der Waals surface area contributed by atoms with Gasteiger partial charge in [0.05, 0.1) is 0 Å².